The molecule has 1 aromatic heterocycles. The number of piperidine rings is 1. The van der Waals surface area contributed by atoms with Gasteiger partial charge in [-0.3, -0.25) is 14.3 Å². The number of carbonyl (C=O) groups is 2. The number of hydrogen-bond donors (Lipinski definition) is 0. The van der Waals surface area contributed by atoms with E-state index in [9.17, 15) is 14.0 Å². The van der Waals surface area contributed by atoms with Crippen molar-refractivity contribution >= 4 is 11.8 Å². The van der Waals surface area contributed by atoms with Crippen molar-refractivity contribution in [3.63, 3.8) is 0 Å². The largest absolute Gasteiger partial charge is 0.490 e. The van der Waals surface area contributed by atoms with Gasteiger partial charge >= 0.3 is 0 Å². The van der Waals surface area contributed by atoms with Crippen LogP contribution in [0.2, 0.25) is 0 Å². The molecule has 1 atom stereocenters. The van der Waals surface area contributed by atoms with E-state index in [1.807, 2.05) is 25.1 Å². The molecule has 1 aromatic carbocycles. The van der Waals surface area contributed by atoms with Crippen LogP contribution in [0.1, 0.15) is 43.4 Å². The van der Waals surface area contributed by atoms with Gasteiger partial charge in [-0.15, -0.1) is 0 Å². The van der Waals surface area contributed by atoms with Crippen LogP contribution in [0.15, 0.2) is 30.5 Å². The highest BCUT2D eigenvalue weighted by atomic mass is 19.1. The van der Waals surface area contributed by atoms with Gasteiger partial charge in [-0.25, -0.2) is 4.39 Å². The lowest BCUT2D eigenvalue weighted by Gasteiger charge is -2.43. The molecule has 8 nitrogen and oxygen atoms in total. The number of hydrogen-bond acceptors (Lipinski definition) is 5. The highest BCUT2D eigenvalue weighted by molar-refractivity contribution is 5.79. The van der Waals surface area contributed by atoms with Gasteiger partial charge in [0.2, 0.25) is 11.8 Å². The molecule has 2 saturated heterocycles. The number of benzene rings is 1. The molecule has 0 spiro atoms. The minimum absolute atomic E-state index is 0.0210. The molecular formula is C26H35FN4O4. The summed E-state index contributed by atoms with van der Waals surface area (Å²) in [5.74, 6) is 0.193. The van der Waals surface area contributed by atoms with Crippen LogP contribution in [0.4, 0.5) is 4.39 Å². The van der Waals surface area contributed by atoms with Crippen molar-refractivity contribution in [2.24, 2.45) is 7.05 Å². The molecule has 9 heteroatoms. The molecule has 190 valence electrons. The van der Waals surface area contributed by atoms with E-state index in [1.54, 1.807) is 21.7 Å². The molecule has 3 heterocycles. The van der Waals surface area contributed by atoms with Crippen molar-refractivity contribution < 1.29 is 23.5 Å². The van der Waals surface area contributed by atoms with Crippen LogP contribution >= 0.6 is 0 Å². The van der Waals surface area contributed by atoms with E-state index >= 15 is 0 Å². The van der Waals surface area contributed by atoms with Gasteiger partial charge in [0.25, 0.3) is 0 Å². The minimum Gasteiger partial charge on any atom is -0.490 e. The first-order chi connectivity index (χ1) is 16.8. The van der Waals surface area contributed by atoms with E-state index < -0.39 is 5.60 Å². The first kappa shape index (κ1) is 25.2. The molecule has 0 aliphatic carbocycles. The number of likely N-dealkylation sites (tertiary alicyclic amines) is 1. The number of nitrogens with zero attached hydrogens (tertiary/aromatic N) is 4. The fourth-order valence-corrected chi connectivity index (χ4v) is 4.87. The number of aromatic nitrogens is 2. The Kier molecular flexibility index (Phi) is 8.05. The number of aryl methyl sites for hydroxylation is 3. The molecule has 2 aliphatic rings. The van der Waals surface area contributed by atoms with Crippen LogP contribution in [-0.4, -0.2) is 76.4 Å². The van der Waals surface area contributed by atoms with Crippen molar-refractivity contribution in [1.29, 1.82) is 0 Å². The number of halogens is 1. The van der Waals surface area contributed by atoms with E-state index in [4.69, 9.17) is 9.47 Å². The lowest BCUT2D eigenvalue weighted by atomic mass is 9.95. The Morgan fingerprint density at radius 1 is 1.09 bits per heavy atom. The Morgan fingerprint density at radius 3 is 2.51 bits per heavy atom. The molecule has 2 aliphatic heterocycles. The first-order valence-corrected chi connectivity index (χ1v) is 12.4. The zero-order chi connectivity index (χ0) is 24.8. The van der Waals surface area contributed by atoms with Gasteiger partial charge in [0, 0.05) is 39.3 Å². The summed E-state index contributed by atoms with van der Waals surface area (Å²) in [7, 11) is 1.87. The summed E-state index contributed by atoms with van der Waals surface area (Å²) in [5, 5.41) is 4.35. The predicted molar refractivity (Wildman–Crippen MR) is 128 cm³/mol. The normalized spacial score (nSPS) is 20.7. The van der Waals surface area contributed by atoms with E-state index in [-0.39, 0.29) is 37.2 Å². The molecule has 1 unspecified atom stereocenters. The molecule has 2 amide bonds. The summed E-state index contributed by atoms with van der Waals surface area (Å²) in [6.07, 6.45) is 6.20. The third-order valence-corrected chi connectivity index (χ3v) is 6.82. The maximum absolute atomic E-state index is 13.3. The fourth-order valence-electron chi connectivity index (χ4n) is 4.87. The number of ether oxygens (including phenoxy) is 2. The van der Waals surface area contributed by atoms with E-state index in [0.717, 1.165) is 43.6 Å². The molecule has 0 radical (unpaired) electrons. The average molecular weight is 487 g/mol. The highest BCUT2D eigenvalue weighted by Gasteiger charge is 2.42. The summed E-state index contributed by atoms with van der Waals surface area (Å²) >= 11 is 0. The molecule has 0 bridgehead atoms. The summed E-state index contributed by atoms with van der Waals surface area (Å²) in [6, 6.07) is 5.77. The van der Waals surface area contributed by atoms with Gasteiger partial charge in [0.1, 0.15) is 23.8 Å². The SMILES string of the molecule is Cc1nn(C)cc1CCC(=O)N1CCOC(COc2ccc(F)cc2)(CC(=O)N2CCCCC2)C1. The lowest BCUT2D eigenvalue weighted by molar-refractivity contribution is -0.166. The molecule has 2 fully saturated rings. The van der Waals surface area contributed by atoms with Crippen molar-refractivity contribution in [2.75, 3.05) is 39.4 Å². The van der Waals surface area contributed by atoms with Crippen LogP contribution in [-0.2, 0) is 27.8 Å². The van der Waals surface area contributed by atoms with Gasteiger partial charge in [-0.1, -0.05) is 0 Å². The second-order valence-corrected chi connectivity index (χ2v) is 9.62. The Labute approximate surface area is 206 Å². The third kappa shape index (κ3) is 6.60. The van der Waals surface area contributed by atoms with Crippen LogP contribution in [0, 0.1) is 12.7 Å². The maximum atomic E-state index is 13.3. The summed E-state index contributed by atoms with van der Waals surface area (Å²) < 4.78 is 27.2. The van der Waals surface area contributed by atoms with Gasteiger partial charge in [-0.05, 0) is 62.4 Å². The smallest absolute Gasteiger partial charge is 0.225 e. The zero-order valence-corrected chi connectivity index (χ0v) is 20.7. The predicted octanol–water partition coefficient (Wildman–Crippen LogP) is 2.88. The van der Waals surface area contributed by atoms with Gasteiger partial charge in [-0.2, -0.15) is 5.10 Å². The average Bonchev–Trinajstić information content (AvgIpc) is 3.19. The molecule has 0 saturated carbocycles. The lowest BCUT2D eigenvalue weighted by Crippen LogP contribution is -2.58. The summed E-state index contributed by atoms with van der Waals surface area (Å²) in [6.45, 7) is 4.63. The van der Waals surface area contributed by atoms with Crippen molar-refractivity contribution in [3.8, 4) is 5.75 Å². The fraction of sp³-hybridized carbons (Fsp3) is 0.577. The van der Waals surface area contributed by atoms with Gasteiger partial charge < -0.3 is 19.3 Å². The number of carbonyl (C=O) groups excluding carboxylic acids is 2. The van der Waals surface area contributed by atoms with Crippen molar-refractivity contribution in [2.45, 2.75) is 51.0 Å². The summed E-state index contributed by atoms with van der Waals surface area (Å²) in [5.41, 5.74) is 1.03. The number of rotatable bonds is 8. The second-order valence-electron chi connectivity index (χ2n) is 9.62. The Hall–Kier alpha value is -2.94. The molecular weight excluding hydrogens is 451 g/mol. The van der Waals surface area contributed by atoms with Crippen molar-refractivity contribution in [3.05, 3.63) is 47.5 Å². The van der Waals surface area contributed by atoms with Crippen LogP contribution in [0.5, 0.6) is 5.75 Å². The Balaban J connectivity index is 1.45. The highest BCUT2D eigenvalue weighted by Crippen LogP contribution is 2.27. The number of amides is 2. The number of morpholine rings is 1. The van der Waals surface area contributed by atoms with Crippen LogP contribution < -0.4 is 4.74 Å². The standard InChI is InChI=1S/C26H35FN4O4/c1-20-21(17-29(2)28-20)6-11-24(32)31-14-15-35-26(18-31,16-25(33)30-12-4-3-5-13-30)19-34-23-9-7-22(27)8-10-23/h7-10,17H,3-6,11-16,18-19H2,1-2H3. The topological polar surface area (TPSA) is 76.9 Å². The monoisotopic (exact) mass is 486 g/mol. The zero-order valence-electron chi connectivity index (χ0n) is 20.7. The molecule has 35 heavy (non-hydrogen) atoms. The van der Waals surface area contributed by atoms with Crippen molar-refractivity contribution in [1.82, 2.24) is 19.6 Å². The maximum Gasteiger partial charge on any atom is 0.225 e. The molecule has 4 rings (SSSR count). The Bertz CT molecular complexity index is 1020. The quantitative estimate of drug-likeness (QED) is 0.574. The second kappa shape index (κ2) is 11.2. The van der Waals surface area contributed by atoms with E-state index in [0.29, 0.717) is 31.7 Å². The minimum atomic E-state index is -0.957. The molecule has 0 N–H and O–H groups in total. The van der Waals surface area contributed by atoms with E-state index in [1.165, 1.54) is 12.1 Å². The first-order valence-electron chi connectivity index (χ1n) is 12.4. The van der Waals surface area contributed by atoms with Crippen LogP contribution in [0.3, 0.4) is 0 Å². The van der Waals surface area contributed by atoms with E-state index in [2.05, 4.69) is 5.10 Å². The summed E-state index contributed by atoms with van der Waals surface area (Å²) in [4.78, 5) is 30.0. The Morgan fingerprint density at radius 2 is 1.83 bits per heavy atom. The van der Waals surface area contributed by atoms with Gasteiger partial charge in [0.05, 0.1) is 25.3 Å². The van der Waals surface area contributed by atoms with Gasteiger partial charge in [0.15, 0.2) is 0 Å². The van der Waals surface area contributed by atoms with Crippen LogP contribution in [0.25, 0.3) is 0 Å². The molecule has 2 aromatic rings. The third-order valence-electron chi connectivity index (χ3n) is 6.82.